The fourth-order valence-electron chi connectivity index (χ4n) is 2.68. The fourth-order valence-corrected chi connectivity index (χ4v) is 3.02. The number of benzene rings is 2. The second kappa shape index (κ2) is 5.26. The third-order valence-electron chi connectivity index (χ3n) is 3.85. The van der Waals surface area contributed by atoms with Crippen molar-refractivity contribution in [1.82, 2.24) is 0 Å². The van der Waals surface area contributed by atoms with Crippen LogP contribution in [0.25, 0.3) is 0 Å². The number of hydrogen-bond donors (Lipinski definition) is 1. The normalized spacial score (nSPS) is 22.6. The Bertz CT molecular complexity index is 630. The molecular formula is C16H13BrF2O. The van der Waals surface area contributed by atoms with Gasteiger partial charge in [-0.25, -0.2) is 8.78 Å². The van der Waals surface area contributed by atoms with Crippen LogP contribution in [0, 0.1) is 17.6 Å². The van der Waals surface area contributed by atoms with Crippen molar-refractivity contribution in [1.29, 1.82) is 0 Å². The Balaban J connectivity index is 1.85. The van der Waals surface area contributed by atoms with Gasteiger partial charge in [0.1, 0.15) is 11.6 Å². The highest BCUT2D eigenvalue weighted by atomic mass is 79.9. The van der Waals surface area contributed by atoms with Gasteiger partial charge in [-0.15, -0.1) is 0 Å². The molecule has 3 rings (SSSR count). The van der Waals surface area contributed by atoms with Crippen LogP contribution < -0.4 is 0 Å². The zero-order chi connectivity index (χ0) is 14.3. The number of aliphatic hydroxyl groups excluding tert-OH is 1. The second-order valence-corrected chi connectivity index (χ2v) is 5.97. The first-order valence-electron chi connectivity index (χ1n) is 6.46. The van der Waals surface area contributed by atoms with E-state index in [1.165, 1.54) is 12.1 Å². The molecule has 0 saturated heterocycles. The van der Waals surface area contributed by atoms with Gasteiger partial charge in [-0.1, -0.05) is 30.3 Å². The lowest BCUT2D eigenvalue weighted by Crippen LogP contribution is -2.07. The molecule has 2 aromatic carbocycles. The summed E-state index contributed by atoms with van der Waals surface area (Å²) in [4.78, 5) is 0. The summed E-state index contributed by atoms with van der Waals surface area (Å²) in [7, 11) is 0. The van der Waals surface area contributed by atoms with E-state index in [0.717, 1.165) is 12.0 Å². The van der Waals surface area contributed by atoms with Gasteiger partial charge < -0.3 is 5.11 Å². The minimum absolute atomic E-state index is 0.129. The van der Waals surface area contributed by atoms with Gasteiger partial charge in [0, 0.05) is 0 Å². The summed E-state index contributed by atoms with van der Waals surface area (Å²) in [6, 6.07) is 12.2. The maximum absolute atomic E-state index is 14.0. The van der Waals surface area contributed by atoms with Crippen molar-refractivity contribution >= 4 is 15.9 Å². The van der Waals surface area contributed by atoms with Crippen molar-refractivity contribution in [3.63, 3.8) is 0 Å². The smallest absolute Gasteiger partial charge is 0.146 e. The quantitative estimate of drug-likeness (QED) is 0.813. The van der Waals surface area contributed by atoms with Gasteiger partial charge in [0.05, 0.1) is 16.1 Å². The average Bonchev–Trinajstić information content (AvgIpc) is 3.25. The van der Waals surface area contributed by atoms with Gasteiger partial charge in [-0.3, -0.25) is 0 Å². The first kappa shape index (κ1) is 13.7. The molecule has 0 aromatic heterocycles. The van der Waals surface area contributed by atoms with Gasteiger partial charge in [0.15, 0.2) is 0 Å². The second-order valence-electron chi connectivity index (χ2n) is 5.12. The van der Waals surface area contributed by atoms with E-state index >= 15 is 0 Å². The zero-order valence-corrected chi connectivity index (χ0v) is 12.1. The Labute approximate surface area is 124 Å². The van der Waals surface area contributed by atoms with Crippen molar-refractivity contribution in [2.45, 2.75) is 18.4 Å². The Morgan fingerprint density at radius 1 is 1.10 bits per heavy atom. The summed E-state index contributed by atoms with van der Waals surface area (Å²) in [5, 5.41) is 10.3. The molecule has 1 saturated carbocycles. The van der Waals surface area contributed by atoms with Crippen LogP contribution in [0.5, 0.6) is 0 Å². The van der Waals surface area contributed by atoms with Crippen LogP contribution in [-0.2, 0) is 0 Å². The lowest BCUT2D eigenvalue weighted by molar-refractivity contribution is 0.142. The van der Waals surface area contributed by atoms with E-state index in [1.54, 1.807) is 0 Å². The third-order valence-corrected chi connectivity index (χ3v) is 4.46. The van der Waals surface area contributed by atoms with E-state index in [4.69, 9.17) is 0 Å². The largest absolute Gasteiger partial charge is 0.388 e. The van der Waals surface area contributed by atoms with Crippen molar-refractivity contribution in [2.75, 3.05) is 0 Å². The minimum atomic E-state index is -1.11. The van der Waals surface area contributed by atoms with Crippen LogP contribution in [-0.4, -0.2) is 5.11 Å². The molecular weight excluding hydrogens is 326 g/mol. The van der Waals surface area contributed by atoms with Crippen LogP contribution in [0.4, 0.5) is 8.78 Å². The molecule has 104 valence electrons. The zero-order valence-electron chi connectivity index (χ0n) is 10.6. The first-order valence-corrected chi connectivity index (χ1v) is 7.25. The molecule has 1 fully saturated rings. The molecule has 3 unspecified atom stereocenters. The molecule has 0 heterocycles. The SMILES string of the molecule is OC(c1c(F)ccc(Br)c1F)C1CC1c1ccccc1. The predicted octanol–water partition coefficient (Wildman–Crippen LogP) is 4.56. The lowest BCUT2D eigenvalue weighted by atomic mass is 10.0. The van der Waals surface area contributed by atoms with Crippen LogP contribution in [0.15, 0.2) is 46.9 Å². The molecule has 2 aromatic rings. The summed E-state index contributed by atoms with van der Waals surface area (Å²) in [5.74, 6) is -1.37. The third kappa shape index (κ3) is 2.38. The first-order chi connectivity index (χ1) is 9.59. The molecule has 0 bridgehead atoms. The van der Waals surface area contributed by atoms with E-state index < -0.39 is 17.7 Å². The fraction of sp³-hybridized carbons (Fsp3) is 0.250. The van der Waals surface area contributed by atoms with Gasteiger partial charge in [0.25, 0.3) is 0 Å². The van der Waals surface area contributed by atoms with E-state index in [1.807, 2.05) is 30.3 Å². The summed E-state index contributed by atoms with van der Waals surface area (Å²) in [6.07, 6.45) is -0.367. The monoisotopic (exact) mass is 338 g/mol. The van der Waals surface area contributed by atoms with Crippen molar-refractivity contribution in [2.24, 2.45) is 5.92 Å². The minimum Gasteiger partial charge on any atom is -0.388 e. The lowest BCUT2D eigenvalue weighted by Gasteiger charge is -2.14. The average molecular weight is 339 g/mol. The van der Waals surface area contributed by atoms with Gasteiger partial charge in [0.2, 0.25) is 0 Å². The highest BCUT2D eigenvalue weighted by Crippen LogP contribution is 2.54. The van der Waals surface area contributed by atoms with Crippen molar-refractivity contribution in [3.8, 4) is 0 Å². The standard InChI is InChI=1S/C16H13BrF2O/c17-12-6-7-13(18)14(15(12)19)16(20)11-8-10(11)9-4-2-1-3-5-9/h1-7,10-11,16,20H,8H2. The molecule has 1 aliphatic carbocycles. The van der Waals surface area contributed by atoms with Crippen molar-refractivity contribution in [3.05, 3.63) is 69.7 Å². The topological polar surface area (TPSA) is 20.2 Å². The Morgan fingerprint density at radius 2 is 1.80 bits per heavy atom. The van der Waals surface area contributed by atoms with E-state index in [9.17, 15) is 13.9 Å². The molecule has 20 heavy (non-hydrogen) atoms. The van der Waals surface area contributed by atoms with E-state index in [2.05, 4.69) is 15.9 Å². The van der Waals surface area contributed by atoms with Gasteiger partial charge in [-0.05, 0) is 51.9 Å². The Hall–Kier alpha value is -1.26. The molecule has 0 spiro atoms. The summed E-state index contributed by atoms with van der Waals surface area (Å²) >= 11 is 3.03. The Morgan fingerprint density at radius 3 is 2.50 bits per heavy atom. The molecule has 0 amide bonds. The number of rotatable bonds is 3. The molecule has 3 atom stereocenters. The number of aliphatic hydroxyl groups is 1. The summed E-state index contributed by atoms with van der Waals surface area (Å²) < 4.78 is 27.9. The molecule has 4 heteroatoms. The highest BCUT2D eigenvalue weighted by Gasteiger charge is 2.45. The number of hydrogen-bond acceptors (Lipinski definition) is 1. The summed E-state index contributed by atoms with van der Waals surface area (Å²) in [5.41, 5.74) is 0.871. The van der Waals surface area contributed by atoms with Crippen LogP contribution in [0.1, 0.15) is 29.6 Å². The van der Waals surface area contributed by atoms with Crippen LogP contribution in [0.2, 0.25) is 0 Å². The Kier molecular flexibility index (Phi) is 3.61. The van der Waals surface area contributed by atoms with E-state index in [-0.39, 0.29) is 21.9 Å². The summed E-state index contributed by atoms with van der Waals surface area (Å²) in [6.45, 7) is 0. The van der Waals surface area contributed by atoms with E-state index in [0.29, 0.717) is 0 Å². The highest BCUT2D eigenvalue weighted by molar-refractivity contribution is 9.10. The van der Waals surface area contributed by atoms with Gasteiger partial charge in [-0.2, -0.15) is 0 Å². The molecule has 1 N–H and O–H groups in total. The molecule has 1 nitrogen and oxygen atoms in total. The maximum atomic E-state index is 14.0. The van der Waals surface area contributed by atoms with Crippen LogP contribution >= 0.6 is 15.9 Å². The molecule has 1 aliphatic rings. The molecule has 0 radical (unpaired) electrons. The number of halogens is 3. The predicted molar refractivity (Wildman–Crippen MR) is 76.3 cm³/mol. The van der Waals surface area contributed by atoms with Crippen molar-refractivity contribution < 1.29 is 13.9 Å². The van der Waals surface area contributed by atoms with Gasteiger partial charge >= 0.3 is 0 Å². The van der Waals surface area contributed by atoms with Crippen LogP contribution in [0.3, 0.4) is 0 Å². The maximum Gasteiger partial charge on any atom is 0.146 e. The molecule has 0 aliphatic heterocycles.